The second-order valence-electron chi connectivity index (χ2n) is 9.45. The lowest BCUT2D eigenvalue weighted by Gasteiger charge is -2.22. The average molecular weight is 612 g/mol. The fourth-order valence-electron chi connectivity index (χ4n) is 4.62. The fraction of sp³-hybridized carbons (Fsp3) is 0.323. The molecule has 3 aromatic heterocycles. The maximum absolute atomic E-state index is 12.7. The number of benzene rings is 1. The molecule has 3 N–H and O–H groups in total. The summed E-state index contributed by atoms with van der Waals surface area (Å²) in [7, 11) is 1.61. The van der Waals surface area contributed by atoms with Crippen molar-refractivity contribution in [2.24, 2.45) is 0 Å². The summed E-state index contributed by atoms with van der Waals surface area (Å²) < 4.78 is 43.2. The van der Waals surface area contributed by atoms with E-state index in [-0.39, 0.29) is 24.2 Å². The summed E-state index contributed by atoms with van der Waals surface area (Å²) in [4.78, 5) is 37.2. The van der Waals surface area contributed by atoms with Gasteiger partial charge in [0.25, 0.3) is 0 Å². The van der Waals surface area contributed by atoms with Crippen LogP contribution in [-0.4, -0.2) is 56.8 Å². The number of nitrogens with two attached hydrogens (primary N) is 1. The zero-order valence-electron chi connectivity index (χ0n) is 25.0. The maximum atomic E-state index is 12.7. The Balaban J connectivity index is 0.000000296. The Morgan fingerprint density at radius 1 is 1.16 bits per heavy atom. The number of amides is 2. The number of hydrogen-bond donors (Lipinski definition) is 2. The van der Waals surface area contributed by atoms with Crippen LogP contribution in [0.3, 0.4) is 0 Å². The number of rotatable bonds is 7. The number of pyridine rings is 1. The highest BCUT2D eigenvalue weighted by Crippen LogP contribution is 2.36. The van der Waals surface area contributed by atoms with Crippen LogP contribution in [0.15, 0.2) is 67.1 Å². The third kappa shape index (κ3) is 8.19. The molecule has 1 saturated heterocycles. The van der Waals surface area contributed by atoms with Crippen LogP contribution in [0.25, 0.3) is 16.8 Å². The molecule has 1 aliphatic rings. The molecule has 0 radical (unpaired) electrons. The Kier molecular flexibility index (Phi) is 12.0. The number of carbonyl (C=O) groups is 2. The molecule has 1 aliphatic heterocycles. The summed E-state index contributed by atoms with van der Waals surface area (Å²) in [6, 6.07) is 9.67. The lowest BCUT2D eigenvalue weighted by atomic mass is 10.1. The normalized spacial score (nSPS) is 14.5. The van der Waals surface area contributed by atoms with Gasteiger partial charge in [0, 0.05) is 43.9 Å². The average Bonchev–Trinajstić information content (AvgIpc) is 3.65. The summed E-state index contributed by atoms with van der Waals surface area (Å²) in [5.41, 5.74) is 9.12. The molecule has 0 unspecified atom stereocenters. The monoisotopic (exact) mass is 611 g/mol. The summed E-state index contributed by atoms with van der Waals surface area (Å²) in [5.74, 6) is 1.10. The van der Waals surface area contributed by atoms with Crippen LogP contribution in [0.2, 0.25) is 0 Å². The first-order valence-electron chi connectivity index (χ1n) is 14.0. The van der Waals surface area contributed by atoms with E-state index in [1.54, 1.807) is 25.5 Å². The number of imidazole rings is 1. The maximum Gasteiger partial charge on any atom is 0.416 e. The van der Waals surface area contributed by atoms with E-state index in [1.807, 2.05) is 46.8 Å². The minimum atomic E-state index is -4.41. The number of methoxy groups -OCH3 is 1. The Bertz CT molecular complexity index is 1570. The van der Waals surface area contributed by atoms with Crippen molar-refractivity contribution in [2.45, 2.75) is 45.8 Å². The van der Waals surface area contributed by atoms with Crippen molar-refractivity contribution in [2.75, 3.05) is 31.3 Å². The largest absolute Gasteiger partial charge is 0.416 e. The number of ether oxygens (including phenoxy) is 1. The van der Waals surface area contributed by atoms with Gasteiger partial charge in [-0.3, -0.25) is 14.0 Å². The number of aromatic nitrogens is 4. The molecule has 1 fully saturated rings. The Hall–Kier alpha value is -4.78. The molecule has 10 nitrogen and oxygen atoms in total. The van der Waals surface area contributed by atoms with Gasteiger partial charge >= 0.3 is 6.18 Å². The van der Waals surface area contributed by atoms with E-state index in [9.17, 15) is 22.8 Å². The van der Waals surface area contributed by atoms with Crippen molar-refractivity contribution in [3.8, 4) is 11.3 Å². The third-order valence-corrected chi connectivity index (χ3v) is 6.59. The first-order chi connectivity index (χ1) is 21.1. The second kappa shape index (κ2) is 15.6. The first-order valence-corrected chi connectivity index (χ1v) is 14.0. The van der Waals surface area contributed by atoms with Gasteiger partial charge in [-0.1, -0.05) is 49.8 Å². The quantitative estimate of drug-likeness (QED) is 0.198. The van der Waals surface area contributed by atoms with Gasteiger partial charge in [-0.15, -0.1) is 0 Å². The second-order valence-corrected chi connectivity index (χ2v) is 9.45. The zero-order chi connectivity index (χ0) is 32.3. The highest BCUT2D eigenvalue weighted by Gasteiger charge is 2.33. The van der Waals surface area contributed by atoms with Gasteiger partial charge in [0.15, 0.2) is 0 Å². The molecule has 5 rings (SSSR count). The first kappa shape index (κ1) is 33.7. The molecule has 0 aliphatic carbocycles. The smallest absolute Gasteiger partial charge is 0.382 e. The number of carbonyl (C=O) groups excluding carboxylic acids is 2. The van der Waals surface area contributed by atoms with Crippen LogP contribution in [0.4, 0.5) is 24.8 Å². The van der Waals surface area contributed by atoms with E-state index in [0.29, 0.717) is 19.0 Å². The predicted octanol–water partition coefficient (Wildman–Crippen LogP) is 5.85. The topological polar surface area (TPSA) is 128 Å². The van der Waals surface area contributed by atoms with Crippen LogP contribution in [-0.2, 0) is 20.5 Å². The number of nitrogens with zero attached hydrogens (tertiary/aromatic N) is 5. The molecule has 44 heavy (non-hydrogen) atoms. The molecule has 234 valence electrons. The number of hydrogen-bond acceptors (Lipinski definition) is 7. The van der Waals surface area contributed by atoms with E-state index in [2.05, 4.69) is 29.0 Å². The van der Waals surface area contributed by atoms with E-state index in [4.69, 9.17) is 15.5 Å². The molecule has 2 amide bonds. The minimum absolute atomic E-state index is 0.0276. The van der Waals surface area contributed by atoms with E-state index < -0.39 is 11.7 Å². The van der Waals surface area contributed by atoms with Gasteiger partial charge in [-0.2, -0.15) is 13.2 Å². The van der Waals surface area contributed by atoms with E-state index in [1.165, 1.54) is 5.56 Å². The Morgan fingerprint density at radius 3 is 2.55 bits per heavy atom. The highest BCUT2D eigenvalue weighted by molar-refractivity contribution is 5.89. The molecule has 0 saturated carbocycles. The van der Waals surface area contributed by atoms with Gasteiger partial charge in [-0.25, -0.2) is 15.0 Å². The fourth-order valence-corrected chi connectivity index (χ4v) is 4.62. The van der Waals surface area contributed by atoms with Crippen molar-refractivity contribution in [3.05, 3.63) is 84.1 Å². The number of nitrogen functional groups attached to an aromatic ring is 1. The molecule has 1 atom stereocenters. The molecule has 1 aromatic carbocycles. The van der Waals surface area contributed by atoms with Crippen molar-refractivity contribution in [1.29, 1.82) is 0 Å². The SMILES string of the molecule is CC.COC/C=C/C(=O)N1CCC[C@H]1c1nc(-c2ccc(C)cc2)c2c(N)nccn12.O=CNc1cc(C(F)(F)F)ccn1. The number of nitrogens with one attached hydrogen (secondary N) is 1. The van der Waals surface area contributed by atoms with Crippen molar-refractivity contribution in [1.82, 2.24) is 24.3 Å². The van der Waals surface area contributed by atoms with E-state index >= 15 is 0 Å². The highest BCUT2D eigenvalue weighted by atomic mass is 19.4. The third-order valence-electron chi connectivity index (χ3n) is 6.59. The summed E-state index contributed by atoms with van der Waals surface area (Å²) >= 11 is 0. The summed E-state index contributed by atoms with van der Waals surface area (Å²) in [6.45, 7) is 7.17. The van der Waals surface area contributed by atoms with Crippen molar-refractivity contribution >= 4 is 29.5 Å². The molecular formula is C31H36F3N7O3. The van der Waals surface area contributed by atoms with Gasteiger partial charge in [0.05, 0.1) is 18.2 Å². The summed E-state index contributed by atoms with van der Waals surface area (Å²) in [5, 5.41) is 2.03. The number of aryl methyl sites for hydroxylation is 1. The van der Waals surface area contributed by atoms with Crippen LogP contribution in [0.5, 0.6) is 0 Å². The lowest BCUT2D eigenvalue weighted by Crippen LogP contribution is -2.30. The predicted molar refractivity (Wildman–Crippen MR) is 163 cm³/mol. The lowest BCUT2D eigenvalue weighted by molar-refractivity contribution is -0.137. The molecule has 0 spiro atoms. The number of fused-ring (bicyclic) bond motifs is 1. The van der Waals surface area contributed by atoms with Gasteiger partial charge in [0.1, 0.15) is 28.7 Å². The van der Waals surface area contributed by atoms with Crippen LogP contribution in [0, 0.1) is 6.92 Å². The number of likely N-dealkylation sites (tertiary alicyclic amines) is 1. The van der Waals surface area contributed by atoms with Gasteiger partial charge in [-0.05, 0) is 31.9 Å². The standard InChI is InChI=1S/C22H25N5O2.C7H5F3N2O.C2H6/c1-15-7-9-16(10-8-15)19-20-21(23)24-11-13-27(20)22(25-19)17-5-3-12-26(17)18(28)6-4-14-29-2;8-7(9,10)5-1-2-11-6(3-5)12-4-13;1-2/h4,6-11,13,17H,3,5,12,14H2,1-2H3,(H2,23,24);1-4H,(H,11,12,13);1-2H3/b6-4+;;/t17-;;/m0../s1. The van der Waals surface area contributed by atoms with Crippen molar-refractivity contribution in [3.63, 3.8) is 0 Å². The molecule has 13 heteroatoms. The zero-order valence-corrected chi connectivity index (χ0v) is 25.0. The van der Waals surface area contributed by atoms with E-state index in [0.717, 1.165) is 53.8 Å². The molecule has 4 aromatic rings. The van der Waals surface area contributed by atoms with Crippen LogP contribution in [0.1, 0.15) is 49.7 Å². The van der Waals surface area contributed by atoms with Crippen LogP contribution >= 0.6 is 0 Å². The molecule has 0 bridgehead atoms. The number of anilines is 2. The minimum Gasteiger partial charge on any atom is -0.382 e. The number of alkyl halides is 3. The molecule has 4 heterocycles. The summed E-state index contributed by atoms with van der Waals surface area (Å²) in [6.07, 6.45) is 5.48. The Morgan fingerprint density at radius 2 is 1.89 bits per heavy atom. The van der Waals surface area contributed by atoms with Crippen molar-refractivity contribution < 1.29 is 27.5 Å². The molecular weight excluding hydrogens is 575 g/mol. The Labute approximate surface area is 253 Å². The number of halogens is 3. The van der Waals surface area contributed by atoms with Crippen LogP contribution < -0.4 is 11.1 Å². The van der Waals surface area contributed by atoms with Gasteiger partial charge < -0.3 is 20.7 Å². The van der Waals surface area contributed by atoms with Gasteiger partial charge in [0.2, 0.25) is 12.3 Å².